The monoisotopic (exact) mass is 276 g/mol. The molecule has 4 heteroatoms. The van der Waals surface area contributed by atoms with Crippen LogP contribution in [0.4, 0.5) is 5.69 Å². The maximum atomic E-state index is 12.5. The third kappa shape index (κ3) is 2.96. The van der Waals surface area contributed by atoms with Gasteiger partial charge in [0.2, 0.25) is 0 Å². The zero-order chi connectivity index (χ0) is 14.8. The molecule has 4 nitrogen and oxygen atoms in total. The topological polar surface area (TPSA) is 75.4 Å². The van der Waals surface area contributed by atoms with E-state index in [0.29, 0.717) is 17.2 Å². The van der Waals surface area contributed by atoms with E-state index >= 15 is 0 Å². The van der Waals surface area contributed by atoms with E-state index in [2.05, 4.69) is 12.2 Å². The molecule has 4 N–H and O–H groups in total. The zero-order valence-electron chi connectivity index (χ0n) is 12.3. The fourth-order valence-electron chi connectivity index (χ4n) is 3.26. The summed E-state index contributed by atoms with van der Waals surface area (Å²) >= 11 is 0. The molecule has 0 heterocycles. The number of amides is 1. The Morgan fingerprint density at radius 3 is 2.90 bits per heavy atom. The van der Waals surface area contributed by atoms with Crippen LogP contribution in [0.1, 0.15) is 48.5 Å². The zero-order valence-corrected chi connectivity index (χ0v) is 12.3. The van der Waals surface area contributed by atoms with Gasteiger partial charge < -0.3 is 16.2 Å². The molecule has 1 amide bonds. The van der Waals surface area contributed by atoms with E-state index in [1.807, 2.05) is 19.1 Å². The van der Waals surface area contributed by atoms with Crippen LogP contribution in [0, 0.1) is 12.8 Å². The molecule has 0 spiro atoms. The number of benzene rings is 1. The molecule has 110 valence electrons. The molecule has 1 aliphatic carbocycles. The molecule has 0 radical (unpaired) electrons. The van der Waals surface area contributed by atoms with Gasteiger partial charge in [-0.2, -0.15) is 0 Å². The van der Waals surface area contributed by atoms with E-state index < -0.39 is 5.54 Å². The molecule has 1 aliphatic rings. The first-order valence-electron chi connectivity index (χ1n) is 7.26. The lowest BCUT2D eigenvalue weighted by Crippen LogP contribution is -2.54. The van der Waals surface area contributed by atoms with Gasteiger partial charge in [0.1, 0.15) is 0 Å². The minimum absolute atomic E-state index is 0.0190. The van der Waals surface area contributed by atoms with Crippen LogP contribution in [0.2, 0.25) is 0 Å². The summed E-state index contributed by atoms with van der Waals surface area (Å²) in [6.45, 7) is 4.02. The number of aliphatic hydroxyl groups is 1. The van der Waals surface area contributed by atoms with Crippen molar-refractivity contribution in [3.05, 3.63) is 29.3 Å². The fraction of sp³-hybridized carbons (Fsp3) is 0.562. The highest BCUT2D eigenvalue weighted by molar-refractivity contribution is 6.00. The largest absolute Gasteiger partial charge is 0.398 e. The number of hydrogen-bond acceptors (Lipinski definition) is 3. The first-order valence-corrected chi connectivity index (χ1v) is 7.26. The maximum absolute atomic E-state index is 12.5. The van der Waals surface area contributed by atoms with Crippen LogP contribution in [-0.4, -0.2) is 23.2 Å². The Balaban J connectivity index is 2.21. The van der Waals surface area contributed by atoms with Crippen molar-refractivity contribution >= 4 is 11.6 Å². The number of carbonyl (C=O) groups excluding carboxylic acids is 1. The van der Waals surface area contributed by atoms with Crippen molar-refractivity contribution in [1.82, 2.24) is 5.32 Å². The molecule has 2 rings (SSSR count). The first kappa shape index (κ1) is 14.9. The van der Waals surface area contributed by atoms with Crippen molar-refractivity contribution in [2.24, 2.45) is 5.92 Å². The Hall–Kier alpha value is -1.55. The van der Waals surface area contributed by atoms with Crippen LogP contribution < -0.4 is 11.1 Å². The second-order valence-electron chi connectivity index (χ2n) is 6.13. The van der Waals surface area contributed by atoms with E-state index in [1.54, 1.807) is 6.07 Å². The third-order valence-electron chi connectivity index (χ3n) is 4.30. The Bertz CT molecular complexity index is 481. The van der Waals surface area contributed by atoms with E-state index in [1.165, 1.54) is 0 Å². The summed E-state index contributed by atoms with van der Waals surface area (Å²) in [4.78, 5) is 12.5. The summed E-state index contributed by atoms with van der Waals surface area (Å²) in [5, 5.41) is 12.8. The number of carbonyl (C=O) groups is 1. The van der Waals surface area contributed by atoms with E-state index in [-0.39, 0.29) is 12.5 Å². The molecular formula is C16H24N2O2. The van der Waals surface area contributed by atoms with Crippen molar-refractivity contribution in [2.75, 3.05) is 12.3 Å². The predicted molar refractivity (Wildman–Crippen MR) is 80.5 cm³/mol. The van der Waals surface area contributed by atoms with Crippen LogP contribution in [-0.2, 0) is 0 Å². The van der Waals surface area contributed by atoms with Gasteiger partial charge in [-0.25, -0.2) is 0 Å². The predicted octanol–water partition coefficient (Wildman–Crippen LogP) is 2.25. The van der Waals surface area contributed by atoms with Gasteiger partial charge in [0.25, 0.3) is 5.91 Å². The summed E-state index contributed by atoms with van der Waals surface area (Å²) in [6.07, 6.45) is 3.84. The Labute approximate surface area is 120 Å². The number of rotatable bonds is 3. The average molecular weight is 276 g/mol. The van der Waals surface area contributed by atoms with Gasteiger partial charge in [-0.1, -0.05) is 31.9 Å². The summed E-state index contributed by atoms with van der Waals surface area (Å²) in [5.74, 6) is 0.342. The van der Waals surface area contributed by atoms with Crippen LogP contribution >= 0.6 is 0 Å². The molecule has 2 unspecified atom stereocenters. The fourth-order valence-corrected chi connectivity index (χ4v) is 3.26. The van der Waals surface area contributed by atoms with Gasteiger partial charge in [-0.15, -0.1) is 0 Å². The SMILES string of the molecule is Cc1cccc(N)c1C(=O)NC1(CO)CCCC(C)C1. The van der Waals surface area contributed by atoms with Crippen LogP contribution in [0.5, 0.6) is 0 Å². The Morgan fingerprint density at radius 2 is 2.30 bits per heavy atom. The number of aryl methyl sites for hydroxylation is 1. The molecule has 20 heavy (non-hydrogen) atoms. The number of aliphatic hydroxyl groups excluding tert-OH is 1. The highest BCUT2D eigenvalue weighted by Crippen LogP contribution is 2.32. The number of nitrogens with two attached hydrogens (primary N) is 1. The number of nitrogen functional groups attached to an aromatic ring is 1. The molecule has 0 saturated heterocycles. The molecule has 0 bridgehead atoms. The van der Waals surface area contributed by atoms with Gasteiger partial charge in [0.05, 0.1) is 17.7 Å². The number of anilines is 1. The standard InChI is InChI=1S/C16H24N2O2/c1-11-5-4-8-16(9-11,10-19)18-15(20)14-12(2)6-3-7-13(14)17/h3,6-7,11,19H,4-5,8-10,17H2,1-2H3,(H,18,20). The minimum atomic E-state index is -0.497. The van der Waals surface area contributed by atoms with Gasteiger partial charge >= 0.3 is 0 Å². The quantitative estimate of drug-likeness (QED) is 0.741. The van der Waals surface area contributed by atoms with Crippen molar-refractivity contribution in [2.45, 2.75) is 45.1 Å². The molecular weight excluding hydrogens is 252 g/mol. The van der Waals surface area contributed by atoms with Crippen LogP contribution in [0.15, 0.2) is 18.2 Å². The lowest BCUT2D eigenvalue weighted by Gasteiger charge is -2.39. The van der Waals surface area contributed by atoms with Crippen molar-refractivity contribution in [1.29, 1.82) is 0 Å². The third-order valence-corrected chi connectivity index (χ3v) is 4.30. The second kappa shape index (κ2) is 5.83. The van der Waals surface area contributed by atoms with E-state index in [4.69, 9.17) is 5.73 Å². The number of hydrogen-bond donors (Lipinski definition) is 3. The molecule has 2 atom stereocenters. The maximum Gasteiger partial charge on any atom is 0.254 e. The highest BCUT2D eigenvalue weighted by atomic mass is 16.3. The van der Waals surface area contributed by atoms with Gasteiger partial charge in [0, 0.05) is 5.69 Å². The number of nitrogens with one attached hydrogen (secondary N) is 1. The molecule has 0 aromatic heterocycles. The van der Waals surface area contributed by atoms with Crippen molar-refractivity contribution in [3.63, 3.8) is 0 Å². The summed E-state index contributed by atoms with van der Waals surface area (Å²) in [7, 11) is 0. The van der Waals surface area contributed by atoms with Gasteiger partial charge in [-0.3, -0.25) is 4.79 Å². The Morgan fingerprint density at radius 1 is 1.55 bits per heavy atom. The molecule has 1 saturated carbocycles. The lowest BCUT2D eigenvalue weighted by molar-refractivity contribution is 0.0697. The summed E-state index contributed by atoms with van der Waals surface area (Å²) in [6, 6.07) is 5.45. The van der Waals surface area contributed by atoms with Crippen LogP contribution in [0.25, 0.3) is 0 Å². The second-order valence-corrected chi connectivity index (χ2v) is 6.13. The first-order chi connectivity index (χ1) is 9.47. The molecule has 1 aromatic carbocycles. The highest BCUT2D eigenvalue weighted by Gasteiger charge is 2.36. The molecule has 0 aliphatic heterocycles. The normalized spacial score (nSPS) is 26.2. The molecule has 1 aromatic rings. The van der Waals surface area contributed by atoms with Crippen LogP contribution in [0.3, 0.4) is 0 Å². The smallest absolute Gasteiger partial charge is 0.254 e. The van der Waals surface area contributed by atoms with E-state index in [9.17, 15) is 9.90 Å². The summed E-state index contributed by atoms with van der Waals surface area (Å²) < 4.78 is 0. The van der Waals surface area contributed by atoms with E-state index in [0.717, 1.165) is 31.2 Å². The Kier molecular flexibility index (Phi) is 4.33. The lowest BCUT2D eigenvalue weighted by atomic mass is 9.76. The average Bonchev–Trinajstić information content (AvgIpc) is 2.38. The minimum Gasteiger partial charge on any atom is -0.398 e. The van der Waals surface area contributed by atoms with Gasteiger partial charge in [0.15, 0.2) is 0 Å². The van der Waals surface area contributed by atoms with Crippen molar-refractivity contribution in [3.8, 4) is 0 Å². The van der Waals surface area contributed by atoms with Crippen molar-refractivity contribution < 1.29 is 9.90 Å². The van der Waals surface area contributed by atoms with Gasteiger partial charge in [-0.05, 0) is 37.3 Å². The molecule has 1 fully saturated rings. The summed E-state index contributed by atoms with van der Waals surface area (Å²) in [5.41, 5.74) is 7.29.